The number of anilines is 1. The molecular weight excluding hydrogens is 388 g/mol. The van der Waals surface area contributed by atoms with E-state index in [1.54, 1.807) is 28.1 Å². The van der Waals surface area contributed by atoms with E-state index >= 15 is 0 Å². The quantitative estimate of drug-likeness (QED) is 0.831. The Morgan fingerprint density at radius 3 is 2.77 bits per heavy atom. The third-order valence-corrected chi connectivity index (χ3v) is 6.02. The van der Waals surface area contributed by atoms with Gasteiger partial charge in [-0.15, -0.1) is 0 Å². The standard InChI is InChI=1S/C22H27F2N5O/c1-16-5-2-7-18(27-16)12-29-10-4-8-21(20(29)30)13-22(23,24)15-28(14-21)11-17-6-3-9-26-19(17)25/h2-3,5-7,9H,4,8,10-15H2,1H3,(H2,25,26)/t21-/m1/s1. The molecule has 0 aromatic carbocycles. The van der Waals surface area contributed by atoms with Gasteiger partial charge >= 0.3 is 0 Å². The van der Waals surface area contributed by atoms with E-state index in [-0.39, 0.29) is 19.0 Å². The molecule has 30 heavy (non-hydrogen) atoms. The Kier molecular flexibility index (Phi) is 5.44. The molecule has 2 aliphatic rings. The number of amides is 1. The van der Waals surface area contributed by atoms with Crippen LogP contribution < -0.4 is 5.73 Å². The number of pyridine rings is 2. The lowest BCUT2D eigenvalue weighted by molar-refractivity contribution is -0.170. The normalized spacial score (nSPS) is 24.4. The molecule has 160 valence electrons. The third-order valence-electron chi connectivity index (χ3n) is 6.02. The second kappa shape index (κ2) is 7.91. The fourth-order valence-electron chi connectivity index (χ4n) is 4.85. The molecular formula is C22H27F2N5O. The van der Waals surface area contributed by atoms with Crippen LogP contribution in [0.25, 0.3) is 0 Å². The first-order valence-electron chi connectivity index (χ1n) is 10.3. The van der Waals surface area contributed by atoms with E-state index < -0.39 is 17.8 Å². The maximum atomic E-state index is 14.8. The van der Waals surface area contributed by atoms with Crippen molar-refractivity contribution in [3.8, 4) is 0 Å². The summed E-state index contributed by atoms with van der Waals surface area (Å²) in [4.78, 5) is 25.3. The number of halogens is 2. The van der Waals surface area contributed by atoms with E-state index in [0.29, 0.717) is 43.9 Å². The molecule has 2 saturated heterocycles. The van der Waals surface area contributed by atoms with Crippen LogP contribution in [0.3, 0.4) is 0 Å². The van der Waals surface area contributed by atoms with Gasteiger partial charge in [0.1, 0.15) is 5.82 Å². The Morgan fingerprint density at radius 2 is 2.00 bits per heavy atom. The minimum atomic E-state index is -2.94. The Bertz CT molecular complexity index is 937. The van der Waals surface area contributed by atoms with E-state index in [2.05, 4.69) is 9.97 Å². The zero-order valence-corrected chi connectivity index (χ0v) is 17.2. The first-order valence-corrected chi connectivity index (χ1v) is 10.3. The molecule has 2 fully saturated rings. The van der Waals surface area contributed by atoms with E-state index in [0.717, 1.165) is 11.4 Å². The first kappa shape index (κ1) is 20.7. The summed E-state index contributed by atoms with van der Waals surface area (Å²) in [5.41, 5.74) is 7.19. The molecule has 0 aliphatic carbocycles. The van der Waals surface area contributed by atoms with Crippen LogP contribution in [0.4, 0.5) is 14.6 Å². The highest BCUT2D eigenvalue weighted by molar-refractivity contribution is 5.84. The Labute approximate surface area is 175 Å². The Hall–Kier alpha value is -2.61. The summed E-state index contributed by atoms with van der Waals surface area (Å²) in [5.74, 6) is -2.79. The fraction of sp³-hybridized carbons (Fsp3) is 0.500. The summed E-state index contributed by atoms with van der Waals surface area (Å²) in [5, 5.41) is 0. The van der Waals surface area contributed by atoms with Gasteiger partial charge in [0.25, 0.3) is 5.92 Å². The number of piperidine rings is 2. The van der Waals surface area contributed by atoms with Crippen molar-refractivity contribution < 1.29 is 13.6 Å². The van der Waals surface area contributed by atoms with Crippen molar-refractivity contribution in [3.63, 3.8) is 0 Å². The number of hydrogen-bond donors (Lipinski definition) is 1. The number of alkyl halides is 2. The molecule has 1 atom stereocenters. The van der Waals surface area contributed by atoms with Gasteiger partial charge in [-0.2, -0.15) is 0 Å². The molecule has 4 rings (SSSR count). The zero-order valence-electron chi connectivity index (χ0n) is 17.2. The summed E-state index contributed by atoms with van der Waals surface area (Å²) in [6.45, 7) is 2.99. The van der Waals surface area contributed by atoms with Crippen LogP contribution in [0.1, 0.15) is 36.2 Å². The van der Waals surface area contributed by atoms with Crippen molar-refractivity contribution in [3.05, 3.63) is 53.5 Å². The van der Waals surface area contributed by atoms with Crippen LogP contribution in [0.15, 0.2) is 36.5 Å². The highest BCUT2D eigenvalue weighted by Gasteiger charge is 2.55. The van der Waals surface area contributed by atoms with Crippen LogP contribution in [0.2, 0.25) is 0 Å². The lowest BCUT2D eigenvalue weighted by atomic mass is 9.71. The van der Waals surface area contributed by atoms with Gasteiger partial charge in [-0.1, -0.05) is 12.1 Å². The molecule has 1 amide bonds. The van der Waals surface area contributed by atoms with Crippen LogP contribution in [0.5, 0.6) is 0 Å². The van der Waals surface area contributed by atoms with Gasteiger partial charge in [0.2, 0.25) is 5.91 Å². The molecule has 2 aliphatic heterocycles. The summed E-state index contributed by atoms with van der Waals surface area (Å²) in [6.07, 6.45) is 2.34. The number of carbonyl (C=O) groups is 1. The second-order valence-electron chi connectivity index (χ2n) is 8.61. The third kappa shape index (κ3) is 4.28. The van der Waals surface area contributed by atoms with E-state index in [4.69, 9.17) is 5.73 Å². The predicted molar refractivity (Wildman–Crippen MR) is 110 cm³/mol. The van der Waals surface area contributed by atoms with Gasteiger partial charge in [-0.25, -0.2) is 13.8 Å². The highest BCUT2D eigenvalue weighted by Crippen LogP contribution is 2.45. The van der Waals surface area contributed by atoms with E-state index in [9.17, 15) is 13.6 Å². The second-order valence-corrected chi connectivity index (χ2v) is 8.61. The number of carbonyl (C=O) groups excluding carboxylic acids is 1. The summed E-state index contributed by atoms with van der Waals surface area (Å²) < 4.78 is 29.6. The molecule has 8 heteroatoms. The average molecular weight is 415 g/mol. The lowest BCUT2D eigenvalue weighted by Gasteiger charge is -2.49. The highest BCUT2D eigenvalue weighted by atomic mass is 19.3. The van der Waals surface area contributed by atoms with E-state index in [1.807, 2.05) is 25.1 Å². The number of rotatable bonds is 4. The first-order chi connectivity index (χ1) is 14.3. The number of nitrogen functional groups attached to an aromatic ring is 1. The summed E-state index contributed by atoms with van der Waals surface area (Å²) in [6, 6.07) is 9.20. The Morgan fingerprint density at radius 1 is 1.17 bits per heavy atom. The molecule has 2 aromatic rings. The number of nitrogens with two attached hydrogens (primary N) is 1. The predicted octanol–water partition coefficient (Wildman–Crippen LogP) is 3.02. The SMILES string of the molecule is Cc1cccc(CN2CCC[C@@]3(CN(Cc4cccnc4N)CC(F)(F)C3)C2=O)n1. The van der Waals surface area contributed by atoms with Crippen LogP contribution in [-0.2, 0) is 17.9 Å². The largest absolute Gasteiger partial charge is 0.383 e. The maximum absolute atomic E-state index is 14.8. The molecule has 0 bridgehead atoms. The molecule has 1 spiro atoms. The molecule has 4 heterocycles. The minimum absolute atomic E-state index is 0.194. The van der Waals surface area contributed by atoms with Gasteiger partial charge in [0, 0.05) is 43.5 Å². The van der Waals surface area contributed by atoms with Crippen molar-refractivity contribution in [2.75, 3.05) is 25.4 Å². The topological polar surface area (TPSA) is 75.3 Å². The lowest BCUT2D eigenvalue weighted by Crippen LogP contribution is -2.60. The van der Waals surface area contributed by atoms with Crippen LogP contribution in [0, 0.1) is 12.3 Å². The van der Waals surface area contributed by atoms with Crippen molar-refractivity contribution in [1.29, 1.82) is 0 Å². The summed E-state index contributed by atoms with van der Waals surface area (Å²) >= 11 is 0. The number of nitrogens with zero attached hydrogens (tertiary/aromatic N) is 4. The monoisotopic (exact) mass is 415 g/mol. The zero-order chi connectivity index (χ0) is 21.4. The Balaban J connectivity index is 1.56. The van der Waals surface area contributed by atoms with Gasteiger partial charge < -0.3 is 10.6 Å². The van der Waals surface area contributed by atoms with Gasteiger partial charge in [-0.3, -0.25) is 14.7 Å². The fourth-order valence-corrected chi connectivity index (χ4v) is 4.85. The van der Waals surface area contributed by atoms with Crippen molar-refractivity contribution in [2.45, 2.75) is 45.2 Å². The number of aryl methyl sites for hydroxylation is 1. The van der Waals surface area contributed by atoms with Crippen molar-refractivity contribution in [2.24, 2.45) is 5.41 Å². The van der Waals surface area contributed by atoms with Crippen molar-refractivity contribution in [1.82, 2.24) is 19.8 Å². The molecule has 0 unspecified atom stereocenters. The smallest absolute Gasteiger partial charge is 0.261 e. The molecule has 2 aromatic heterocycles. The number of hydrogen-bond acceptors (Lipinski definition) is 5. The molecule has 0 radical (unpaired) electrons. The number of likely N-dealkylation sites (tertiary alicyclic amines) is 2. The molecule has 0 saturated carbocycles. The molecule has 2 N–H and O–H groups in total. The van der Waals surface area contributed by atoms with Crippen LogP contribution >= 0.6 is 0 Å². The van der Waals surface area contributed by atoms with Gasteiger partial charge in [-0.05, 0) is 38.0 Å². The van der Waals surface area contributed by atoms with E-state index in [1.165, 1.54) is 0 Å². The number of aromatic nitrogens is 2. The van der Waals surface area contributed by atoms with Gasteiger partial charge in [0.15, 0.2) is 0 Å². The maximum Gasteiger partial charge on any atom is 0.261 e. The van der Waals surface area contributed by atoms with Crippen LogP contribution in [-0.4, -0.2) is 51.2 Å². The average Bonchev–Trinajstić information content (AvgIpc) is 2.66. The minimum Gasteiger partial charge on any atom is -0.383 e. The van der Waals surface area contributed by atoms with Crippen molar-refractivity contribution >= 4 is 11.7 Å². The molecule has 6 nitrogen and oxygen atoms in total. The van der Waals surface area contributed by atoms with Gasteiger partial charge in [0.05, 0.1) is 24.2 Å². The summed E-state index contributed by atoms with van der Waals surface area (Å²) in [7, 11) is 0.